The third kappa shape index (κ3) is 2.42. The molecule has 19 heavy (non-hydrogen) atoms. The quantitative estimate of drug-likeness (QED) is 0.938. The Morgan fingerprint density at radius 3 is 2.63 bits per heavy atom. The van der Waals surface area contributed by atoms with E-state index in [0.717, 1.165) is 28.0 Å². The second kappa shape index (κ2) is 5.17. The van der Waals surface area contributed by atoms with Gasteiger partial charge in [0.1, 0.15) is 0 Å². The third-order valence-electron chi connectivity index (χ3n) is 3.16. The number of rotatable bonds is 3. The second-order valence-corrected chi connectivity index (χ2v) is 5.27. The van der Waals surface area contributed by atoms with Crippen molar-refractivity contribution >= 4 is 21.9 Å². The first-order valence-electron chi connectivity index (χ1n) is 6.03. The van der Waals surface area contributed by atoms with E-state index in [2.05, 4.69) is 21.0 Å². The number of halogens is 1. The Kier molecular flexibility index (Phi) is 3.75. The molecule has 100 valence electrons. The van der Waals surface area contributed by atoms with Crippen molar-refractivity contribution in [2.45, 2.75) is 27.3 Å². The number of carbonyl (C=O) groups is 1. The molecule has 0 spiro atoms. The zero-order valence-corrected chi connectivity index (χ0v) is 12.7. The number of carboxylic acids is 1. The zero-order chi connectivity index (χ0) is 14.2. The molecule has 2 aromatic rings. The van der Waals surface area contributed by atoms with Gasteiger partial charge in [0.15, 0.2) is 0 Å². The Morgan fingerprint density at radius 1 is 1.42 bits per heavy atom. The molecule has 2 rings (SSSR count). The fourth-order valence-corrected chi connectivity index (χ4v) is 2.67. The smallest absolute Gasteiger partial charge is 0.336 e. The summed E-state index contributed by atoms with van der Waals surface area (Å²) in [6, 6.07) is 5.30. The Labute approximate surface area is 120 Å². The summed E-state index contributed by atoms with van der Waals surface area (Å²) >= 11 is 3.31. The summed E-state index contributed by atoms with van der Waals surface area (Å²) in [7, 11) is 0. The fraction of sp³-hybridized carbons (Fsp3) is 0.286. The van der Waals surface area contributed by atoms with Crippen molar-refractivity contribution in [3.05, 3.63) is 39.6 Å². The standard InChI is InChI=1S/C14H15BrN2O2/c1-4-17-9(3)13(8(2)16-17)11-6-5-10(15)7-12(11)14(18)19/h5-7H,4H2,1-3H3,(H,18,19). The van der Waals surface area contributed by atoms with Crippen molar-refractivity contribution in [3.63, 3.8) is 0 Å². The maximum atomic E-state index is 11.4. The van der Waals surface area contributed by atoms with E-state index in [9.17, 15) is 9.90 Å². The van der Waals surface area contributed by atoms with Crippen LogP contribution in [-0.4, -0.2) is 20.9 Å². The minimum atomic E-state index is -0.931. The first-order chi connectivity index (χ1) is 8.95. The number of nitrogens with zero attached hydrogens (tertiary/aromatic N) is 2. The Morgan fingerprint density at radius 2 is 2.11 bits per heavy atom. The van der Waals surface area contributed by atoms with Crippen molar-refractivity contribution in [3.8, 4) is 11.1 Å². The van der Waals surface area contributed by atoms with Crippen molar-refractivity contribution in [2.75, 3.05) is 0 Å². The monoisotopic (exact) mass is 322 g/mol. The van der Waals surface area contributed by atoms with Gasteiger partial charge in [0.05, 0.1) is 11.3 Å². The van der Waals surface area contributed by atoms with E-state index >= 15 is 0 Å². The molecule has 1 N–H and O–H groups in total. The lowest BCUT2D eigenvalue weighted by atomic mass is 9.98. The average Bonchev–Trinajstić information content (AvgIpc) is 2.64. The van der Waals surface area contributed by atoms with Crippen LogP contribution >= 0.6 is 15.9 Å². The predicted octanol–water partition coefficient (Wildman–Crippen LogP) is 3.65. The SMILES string of the molecule is CCn1nc(C)c(-c2ccc(Br)cc2C(=O)O)c1C. The molecule has 0 unspecified atom stereocenters. The Hall–Kier alpha value is -1.62. The number of hydrogen-bond donors (Lipinski definition) is 1. The molecule has 1 heterocycles. The van der Waals surface area contributed by atoms with Crippen LogP contribution < -0.4 is 0 Å². The van der Waals surface area contributed by atoms with Gasteiger partial charge < -0.3 is 5.11 Å². The highest BCUT2D eigenvalue weighted by Gasteiger charge is 2.19. The highest BCUT2D eigenvalue weighted by Crippen LogP contribution is 2.31. The summed E-state index contributed by atoms with van der Waals surface area (Å²) in [4.78, 5) is 11.4. The first-order valence-corrected chi connectivity index (χ1v) is 6.82. The maximum Gasteiger partial charge on any atom is 0.336 e. The van der Waals surface area contributed by atoms with Crippen molar-refractivity contribution in [1.29, 1.82) is 0 Å². The third-order valence-corrected chi connectivity index (χ3v) is 3.66. The lowest BCUT2D eigenvalue weighted by Crippen LogP contribution is -2.01. The van der Waals surface area contributed by atoms with E-state index in [4.69, 9.17) is 0 Å². The summed E-state index contributed by atoms with van der Waals surface area (Å²) < 4.78 is 2.64. The number of carboxylic acid groups (broad SMARTS) is 1. The molecule has 1 aromatic heterocycles. The maximum absolute atomic E-state index is 11.4. The highest BCUT2D eigenvalue weighted by molar-refractivity contribution is 9.10. The molecule has 0 aliphatic heterocycles. The summed E-state index contributed by atoms with van der Waals surface area (Å²) in [6.45, 7) is 6.66. The van der Waals surface area contributed by atoms with E-state index in [1.54, 1.807) is 6.07 Å². The van der Waals surface area contributed by atoms with Gasteiger partial charge in [-0.1, -0.05) is 22.0 Å². The van der Waals surface area contributed by atoms with Crippen LogP contribution in [0.3, 0.4) is 0 Å². The van der Waals surface area contributed by atoms with E-state index < -0.39 is 5.97 Å². The number of benzene rings is 1. The first kappa shape index (κ1) is 13.8. The van der Waals surface area contributed by atoms with Crippen LogP contribution in [0.15, 0.2) is 22.7 Å². The predicted molar refractivity (Wildman–Crippen MR) is 77.5 cm³/mol. The van der Waals surface area contributed by atoms with Gasteiger partial charge in [0, 0.05) is 22.3 Å². The van der Waals surface area contributed by atoms with Gasteiger partial charge >= 0.3 is 5.97 Å². The van der Waals surface area contributed by atoms with Gasteiger partial charge in [-0.15, -0.1) is 0 Å². The molecule has 0 atom stereocenters. The second-order valence-electron chi connectivity index (χ2n) is 4.36. The largest absolute Gasteiger partial charge is 0.478 e. The Bertz CT molecular complexity index is 647. The molecular formula is C14H15BrN2O2. The Balaban J connectivity index is 2.72. The van der Waals surface area contributed by atoms with Crippen LogP contribution in [0.1, 0.15) is 28.7 Å². The number of aryl methyl sites for hydroxylation is 2. The lowest BCUT2D eigenvalue weighted by Gasteiger charge is -2.08. The zero-order valence-electron chi connectivity index (χ0n) is 11.1. The molecule has 0 saturated carbocycles. The van der Waals surface area contributed by atoms with Gasteiger partial charge in [0.2, 0.25) is 0 Å². The fourth-order valence-electron chi connectivity index (χ4n) is 2.31. The van der Waals surface area contributed by atoms with E-state index in [1.165, 1.54) is 0 Å². The van der Waals surface area contributed by atoms with Crippen molar-refractivity contribution < 1.29 is 9.90 Å². The average molecular weight is 323 g/mol. The molecule has 0 saturated heterocycles. The van der Waals surface area contributed by atoms with Crippen LogP contribution in [-0.2, 0) is 6.54 Å². The van der Waals surface area contributed by atoms with Crippen LogP contribution in [0.2, 0.25) is 0 Å². The van der Waals surface area contributed by atoms with E-state index in [-0.39, 0.29) is 5.56 Å². The van der Waals surface area contributed by atoms with Crippen LogP contribution in [0.25, 0.3) is 11.1 Å². The molecule has 1 aromatic carbocycles. The van der Waals surface area contributed by atoms with Gasteiger partial charge in [0.25, 0.3) is 0 Å². The summed E-state index contributed by atoms with van der Waals surface area (Å²) in [5.41, 5.74) is 3.75. The molecule has 4 nitrogen and oxygen atoms in total. The van der Waals surface area contributed by atoms with Crippen LogP contribution in [0.4, 0.5) is 0 Å². The van der Waals surface area contributed by atoms with Crippen molar-refractivity contribution in [1.82, 2.24) is 9.78 Å². The minimum Gasteiger partial charge on any atom is -0.478 e. The van der Waals surface area contributed by atoms with E-state index in [1.807, 2.05) is 37.6 Å². The lowest BCUT2D eigenvalue weighted by molar-refractivity contribution is 0.0697. The van der Waals surface area contributed by atoms with Crippen LogP contribution in [0.5, 0.6) is 0 Å². The van der Waals surface area contributed by atoms with Gasteiger partial charge in [-0.25, -0.2) is 4.79 Å². The topological polar surface area (TPSA) is 55.1 Å². The van der Waals surface area contributed by atoms with E-state index in [0.29, 0.717) is 5.56 Å². The summed E-state index contributed by atoms with van der Waals surface area (Å²) in [5, 5.41) is 13.8. The molecule has 0 fully saturated rings. The molecule has 0 aliphatic rings. The number of aromatic nitrogens is 2. The number of aromatic carboxylic acids is 1. The number of hydrogen-bond acceptors (Lipinski definition) is 2. The van der Waals surface area contributed by atoms with Crippen LogP contribution in [0, 0.1) is 13.8 Å². The van der Waals surface area contributed by atoms with Gasteiger partial charge in [-0.2, -0.15) is 5.10 Å². The van der Waals surface area contributed by atoms with Gasteiger partial charge in [-0.3, -0.25) is 4.68 Å². The minimum absolute atomic E-state index is 0.288. The van der Waals surface area contributed by atoms with Crippen molar-refractivity contribution in [2.24, 2.45) is 0 Å². The molecular weight excluding hydrogens is 308 g/mol. The highest BCUT2D eigenvalue weighted by atomic mass is 79.9. The molecule has 0 aliphatic carbocycles. The molecule has 0 radical (unpaired) electrons. The van der Waals surface area contributed by atoms with Gasteiger partial charge in [-0.05, 0) is 38.5 Å². The normalized spacial score (nSPS) is 10.7. The summed E-state index contributed by atoms with van der Waals surface area (Å²) in [6.07, 6.45) is 0. The molecule has 0 bridgehead atoms. The summed E-state index contributed by atoms with van der Waals surface area (Å²) in [5.74, 6) is -0.931. The molecule has 0 amide bonds. The molecule has 5 heteroatoms.